The van der Waals surface area contributed by atoms with Crippen molar-refractivity contribution in [2.45, 2.75) is 84.5 Å². The van der Waals surface area contributed by atoms with E-state index in [-0.39, 0.29) is 0 Å². The molecule has 0 radical (unpaired) electrons. The third kappa shape index (κ3) is 6.08. The SMILES string of the molecule is CC(C)[Si](c1ncc(-c2cccc(-c3nnc(N(C(=O)OC(C)(C)C)c4ccc5c(cnn5C(=O)O)c4)s3)c2)o1)(C(C)C)C(C)C. The van der Waals surface area contributed by atoms with Gasteiger partial charge < -0.3 is 14.3 Å². The molecule has 0 spiro atoms. The first-order valence-electron chi connectivity index (χ1n) is 15.3. The minimum absolute atomic E-state index is 0.295. The highest BCUT2D eigenvalue weighted by molar-refractivity contribution is 7.18. The molecular weight excluding hydrogens is 621 g/mol. The predicted molar refractivity (Wildman–Crippen MR) is 183 cm³/mol. The van der Waals surface area contributed by atoms with Gasteiger partial charge in [-0.1, -0.05) is 71.1 Å². The quantitative estimate of drug-likeness (QED) is 0.162. The van der Waals surface area contributed by atoms with Gasteiger partial charge in [-0.2, -0.15) is 9.78 Å². The van der Waals surface area contributed by atoms with Crippen molar-refractivity contribution in [1.29, 1.82) is 0 Å². The van der Waals surface area contributed by atoms with Crippen LogP contribution in [0.25, 0.3) is 32.8 Å². The van der Waals surface area contributed by atoms with Gasteiger partial charge >= 0.3 is 12.2 Å². The van der Waals surface area contributed by atoms with Crippen LogP contribution in [0.4, 0.5) is 20.4 Å². The van der Waals surface area contributed by atoms with Crippen LogP contribution in [-0.2, 0) is 4.74 Å². The molecule has 13 heteroatoms. The Kier molecular flexibility index (Phi) is 8.93. The van der Waals surface area contributed by atoms with E-state index in [9.17, 15) is 14.7 Å². The zero-order valence-corrected chi connectivity index (χ0v) is 29.4. The smallest absolute Gasteiger partial charge is 0.432 e. The monoisotopic (exact) mass is 660 g/mol. The first-order chi connectivity index (χ1) is 21.6. The molecule has 2 aromatic carbocycles. The molecular formula is C33H40N6O5SSi. The number of nitrogens with zero attached hydrogens (tertiary/aromatic N) is 6. The summed E-state index contributed by atoms with van der Waals surface area (Å²) in [5.74, 6) is 0.700. The number of hydrogen-bond donors (Lipinski definition) is 1. The Morgan fingerprint density at radius 3 is 2.26 bits per heavy atom. The molecule has 0 aliphatic rings. The van der Waals surface area contributed by atoms with E-state index in [1.54, 1.807) is 39.0 Å². The van der Waals surface area contributed by atoms with Crippen LogP contribution >= 0.6 is 11.3 Å². The average Bonchev–Trinajstić information content (AvgIpc) is 3.72. The highest BCUT2D eigenvalue weighted by Crippen LogP contribution is 2.42. The highest BCUT2D eigenvalue weighted by Gasteiger charge is 2.49. The fourth-order valence-electron chi connectivity index (χ4n) is 6.49. The molecule has 0 saturated carbocycles. The second-order valence-electron chi connectivity index (χ2n) is 13.3. The van der Waals surface area contributed by atoms with Crippen LogP contribution in [-0.4, -0.2) is 55.9 Å². The topological polar surface area (TPSA) is 136 Å². The summed E-state index contributed by atoms with van der Waals surface area (Å²) in [6, 6.07) is 12.7. The summed E-state index contributed by atoms with van der Waals surface area (Å²) in [6.07, 6.45) is 1.41. The lowest BCUT2D eigenvalue weighted by Crippen LogP contribution is -2.56. The van der Waals surface area contributed by atoms with Gasteiger partial charge in [-0.3, -0.25) is 0 Å². The standard InChI is InChI=1S/C33H40N6O5SSi/c1-19(2)46(20(3)4,21(5)6)30-34-18-27(43-30)22-11-10-12-23(15-22)28-36-37-29(45-28)38(32(42)44-33(7,8)9)25-13-14-26-24(16-25)17-35-39(26)31(40)41/h10-21H,1-9H3,(H,40,41). The van der Waals surface area contributed by atoms with Crippen molar-refractivity contribution in [3.8, 4) is 21.9 Å². The molecule has 5 rings (SSSR count). The summed E-state index contributed by atoms with van der Waals surface area (Å²) < 4.78 is 13.2. The zero-order chi connectivity index (χ0) is 33.6. The van der Waals surface area contributed by atoms with E-state index in [0.29, 0.717) is 49.1 Å². The van der Waals surface area contributed by atoms with E-state index >= 15 is 0 Å². The van der Waals surface area contributed by atoms with Crippen molar-refractivity contribution in [1.82, 2.24) is 25.0 Å². The van der Waals surface area contributed by atoms with E-state index in [1.165, 1.54) is 22.4 Å². The van der Waals surface area contributed by atoms with Crippen LogP contribution in [0, 0.1) is 0 Å². The molecule has 3 aromatic heterocycles. The number of carboxylic acid groups (broad SMARTS) is 1. The molecule has 0 bridgehead atoms. The van der Waals surface area contributed by atoms with Gasteiger partial charge in [-0.15, -0.1) is 10.2 Å². The fraction of sp³-hybridized carbons (Fsp3) is 0.394. The summed E-state index contributed by atoms with van der Waals surface area (Å²) in [4.78, 5) is 31.3. The summed E-state index contributed by atoms with van der Waals surface area (Å²) >= 11 is 1.23. The van der Waals surface area contributed by atoms with Crippen LogP contribution < -0.4 is 10.4 Å². The first kappa shape index (κ1) is 33.0. The Morgan fingerprint density at radius 2 is 1.63 bits per heavy atom. The van der Waals surface area contributed by atoms with Crippen molar-refractivity contribution in [3.63, 3.8) is 0 Å². The van der Waals surface area contributed by atoms with Crippen LogP contribution in [0.2, 0.25) is 16.6 Å². The lowest BCUT2D eigenvalue weighted by molar-refractivity contribution is 0.0599. The van der Waals surface area contributed by atoms with Crippen molar-refractivity contribution in [2.75, 3.05) is 4.90 Å². The molecule has 11 nitrogen and oxygen atoms in total. The van der Waals surface area contributed by atoms with E-state index in [2.05, 4.69) is 56.8 Å². The maximum atomic E-state index is 13.5. The minimum Gasteiger partial charge on any atom is -0.463 e. The van der Waals surface area contributed by atoms with Gasteiger partial charge in [0.25, 0.3) is 0 Å². The van der Waals surface area contributed by atoms with Crippen LogP contribution in [0.1, 0.15) is 62.3 Å². The Balaban J connectivity index is 1.51. The summed E-state index contributed by atoms with van der Waals surface area (Å²) in [5, 5.41) is 23.6. The van der Waals surface area contributed by atoms with Gasteiger partial charge in [-0.25, -0.2) is 19.5 Å². The molecule has 0 unspecified atom stereocenters. The van der Waals surface area contributed by atoms with Crippen LogP contribution in [0.5, 0.6) is 0 Å². The summed E-state index contributed by atoms with van der Waals surface area (Å²) in [5.41, 5.74) is 4.01. The minimum atomic E-state index is -2.07. The molecule has 46 heavy (non-hydrogen) atoms. The second-order valence-corrected chi connectivity index (χ2v) is 20.0. The maximum absolute atomic E-state index is 13.5. The van der Waals surface area contributed by atoms with Crippen LogP contribution in [0.15, 0.2) is 59.3 Å². The molecule has 1 N–H and O–H groups in total. The molecule has 0 aliphatic heterocycles. The Morgan fingerprint density at radius 1 is 0.957 bits per heavy atom. The Hall–Kier alpha value is -4.36. The van der Waals surface area contributed by atoms with Crippen molar-refractivity contribution in [2.24, 2.45) is 0 Å². The summed E-state index contributed by atoms with van der Waals surface area (Å²) in [7, 11) is -2.07. The van der Waals surface area contributed by atoms with Gasteiger partial charge in [0.15, 0.2) is 19.3 Å². The number of benzene rings is 2. The number of carbonyl (C=O) groups is 2. The molecule has 0 fully saturated rings. The van der Waals surface area contributed by atoms with Gasteiger partial charge in [0.2, 0.25) is 5.13 Å². The number of carbonyl (C=O) groups excluding carboxylic acids is 1. The zero-order valence-electron chi connectivity index (χ0n) is 27.6. The number of hydrogen-bond acceptors (Lipinski definition) is 9. The van der Waals surface area contributed by atoms with E-state index in [4.69, 9.17) is 14.1 Å². The number of oxazole rings is 1. The number of amides is 1. The number of rotatable bonds is 8. The first-order valence-corrected chi connectivity index (χ1v) is 18.3. The van der Waals surface area contributed by atoms with E-state index in [1.807, 2.05) is 30.5 Å². The molecule has 242 valence electrons. The molecule has 0 saturated heterocycles. The fourth-order valence-corrected chi connectivity index (χ4v) is 13.4. The Labute approximate surface area is 273 Å². The third-order valence-corrected chi connectivity index (χ3v) is 16.0. The normalized spacial score (nSPS) is 12.4. The van der Waals surface area contributed by atoms with Crippen molar-refractivity contribution < 1.29 is 23.8 Å². The number of fused-ring (bicyclic) bond motifs is 1. The van der Waals surface area contributed by atoms with Gasteiger partial charge in [-0.05, 0) is 61.7 Å². The molecule has 1 amide bonds. The Bertz CT molecular complexity index is 1860. The second kappa shape index (κ2) is 12.4. The number of aromatic nitrogens is 5. The maximum Gasteiger partial charge on any atom is 0.432 e. The number of anilines is 2. The summed E-state index contributed by atoms with van der Waals surface area (Å²) in [6.45, 7) is 19.0. The highest BCUT2D eigenvalue weighted by atomic mass is 32.1. The lowest BCUT2D eigenvalue weighted by atomic mass is 10.1. The average molecular weight is 661 g/mol. The van der Waals surface area contributed by atoms with Gasteiger partial charge in [0.1, 0.15) is 10.6 Å². The largest absolute Gasteiger partial charge is 0.463 e. The predicted octanol–water partition coefficient (Wildman–Crippen LogP) is 8.69. The number of ether oxygens (including phenoxy) is 1. The van der Waals surface area contributed by atoms with Crippen molar-refractivity contribution in [3.05, 3.63) is 54.9 Å². The van der Waals surface area contributed by atoms with Crippen molar-refractivity contribution >= 4 is 58.8 Å². The van der Waals surface area contributed by atoms with E-state index in [0.717, 1.165) is 21.3 Å². The molecule has 3 heterocycles. The third-order valence-electron chi connectivity index (χ3n) is 8.31. The molecule has 0 atom stereocenters. The molecule has 5 aromatic rings. The van der Waals surface area contributed by atoms with Gasteiger partial charge in [0, 0.05) is 16.5 Å². The van der Waals surface area contributed by atoms with E-state index < -0.39 is 25.9 Å². The van der Waals surface area contributed by atoms with Crippen LogP contribution in [0.3, 0.4) is 0 Å². The van der Waals surface area contributed by atoms with Gasteiger partial charge in [0.05, 0.1) is 23.6 Å². The molecule has 0 aliphatic carbocycles. The lowest BCUT2D eigenvalue weighted by Gasteiger charge is -2.39.